The summed E-state index contributed by atoms with van der Waals surface area (Å²) >= 11 is 0. The van der Waals surface area contributed by atoms with Crippen LogP contribution in [-0.2, 0) is 14.3 Å². The summed E-state index contributed by atoms with van der Waals surface area (Å²) < 4.78 is 12.1. The van der Waals surface area contributed by atoms with E-state index in [2.05, 4.69) is 10.4 Å². The highest BCUT2D eigenvalue weighted by Gasteiger charge is 2.43. The number of carbonyl (C=O) groups is 3. The number of methoxy groups -OCH3 is 1. The molecule has 1 aromatic heterocycles. The van der Waals surface area contributed by atoms with Gasteiger partial charge in [0.25, 0.3) is 5.91 Å². The SMILES string of the molecule is COC(=O)[C@@H]1C[C@H](NC(=O)c2nn(C(C)C)c3ccccc23)CN1C(=O)OC(C)(C)C. The summed E-state index contributed by atoms with van der Waals surface area (Å²) in [5, 5.41) is 8.19. The first-order chi connectivity index (χ1) is 14.5. The Kier molecular flexibility index (Phi) is 6.24. The molecule has 0 radical (unpaired) electrons. The Morgan fingerprint density at radius 2 is 1.87 bits per heavy atom. The average Bonchev–Trinajstić information content (AvgIpc) is 3.28. The van der Waals surface area contributed by atoms with Gasteiger partial charge in [0, 0.05) is 30.4 Å². The fourth-order valence-electron chi connectivity index (χ4n) is 3.73. The Labute approximate surface area is 181 Å². The smallest absolute Gasteiger partial charge is 0.411 e. The third-order valence-corrected chi connectivity index (χ3v) is 5.06. The molecule has 2 amide bonds. The molecule has 2 atom stereocenters. The lowest BCUT2D eigenvalue weighted by Crippen LogP contribution is -2.44. The fraction of sp³-hybridized carbons (Fsp3) is 0.545. The van der Waals surface area contributed by atoms with E-state index in [1.807, 2.05) is 42.8 Å². The summed E-state index contributed by atoms with van der Waals surface area (Å²) in [5.74, 6) is -0.896. The summed E-state index contributed by atoms with van der Waals surface area (Å²) in [5.41, 5.74) is 0.480. The zero-order valence-corrected chi connectivity index (χ0v) is 18.8. The molecule has 31 heavy (non-hydrogen) atoms. The average molecular weight is 431 g/mol. The number of para-hydroxylation sites is 1. The molecule has 1 N–H and O–H groups in total. The van der Waals surface area contributed by atoms with Crippen molar-refractivity contribution in [3.05, 3.63) is 30.0 Å². The number of hydrogen-bond donors (Lipinski definition) is 1. The molecular weight excluding hydrogens is 400 g/mol. The molecule has 0 saturated carbocycles. The fourth-order valence-corrected chi connectivity index (χ4v) is 3.73. The number of ether oxygens (including phenoxy) is 2. The van der Waals surface area contributed by atoms with Gasteiger partial charge in [-0.15, -0.1) is 0 Å². The van der Waals surface area contributed by atoms with E-state index in [4.69, 9.17) is 9.47 Å². The molecule has 0 spiro atoms. The summed E-state index contributed by atoms with van der Waals surface area (Å²) in [4.78, 5) is 39.2. The van der Waals surface area contributed by atoms with Gasteiger partial charge in [-0.2, -0.15) is 5.10 Å². The molecule has 1 saturated heterocycles. The van der Waals surface area contributed by atoms with Gasteiger partial charge in [-0.1, -0.05) is 18.2 Å². The van der Waals surface area contributed by atoms with Crippen LogP contribution in [0, 0.1) is 0 Å². The number of nitrogens with zero attached hydrogens (tertiary/aromatic N) is 3. The third-order valence-electron chi connectivity index (χ3n) is 5.06. The Morgan fingerprint density at radius 1 is 1.19 bits per heavy atom. The van der Waals surface area contributed by atoms with Crippen molar-refractivity contribution >= 4 is 28.9 Å². The van der Waals surface area contributed by atoms with Gasteiger partial charge in [-0.05, 0) is 40.7 Å². The van der Waals surface area contributed by atoms with Crippen LogP contribution in [0.2, 0.25) is 0 Å². The third kappa shape index (κ3) is 4.81. The summed E-state index contributed by atoms with van der Waals surface area (Å²) in [7, 11) is 1.27. The van der Waals surface area contributed by atoms with Crippen LogP contribution >= 0.6 is 0 Å². The number of amides is 2. The van der Waals surface area contributed by atoms with Crippen LogP contribution in [0.4, 0.5) is 4.79 Å². The second-order valence-electron chi connectivity index (χ2n) is 8.98. The van der Waals surface area contributed by atoms with Crippen LogP contribution in [0.5, 0.6) is 0 Å². The van der Waals surface area contributed by atoms with E-state index >= 15 is 0 Å². The maximum absolute atomic E-state index is 13.1. The standard InChI is InChI=1S/C22H30N4O5/c1-13(2)26-16-10-8-7-9-15(16)18(24-26)19(27)23-14-11-17(20(28)30-6)25(12-14)21(29)31-22(3,4)5/h7-10,13-14,17H,11-12H2,1-6H3,(H,23,27)/t14-,17-/m0/s1. The molecule has 0 unspecified atom stereocenters. The zero-order chi connectivity index (χ0) is 22.9. The van der Waals surface area contributed by atoms with Gasteiger partial charge in [0.2, 0.25) is 0 Å². The van der Waals surface area contributed by atoms with E-state index in [1.54, 1.807) is 20.8 Å². The van der Waals surface area contributed by atoms with E-state index < -0.39 is 29.7 Å². The number of nitrogens with one attached hydrogen (secondary N) is 1. The van der Waals surface area contributed by atoms with Crippen molar-refractivity contribution in [2.24, 2.45) is 0 Å². The number of esters is 1. The zero-order valence-electron chi connectivity index (χ0n) is 18.8. The normalized spacial score (nSPS) is 19.0. The first kappa shape index (κ1) is 22.6. The van der Waals surface area contributed by atoms with Crippen LogP contribution in [0.25, 0.3) is 10.9 Å². The van der Waals surface area contributed by atoms with Crippen LogP contribution in [0.1, 0.15) is 57.6 Å². The predicted octanol–water partition coefficient (Wildman–Crippen LogP) is 2.90. The van der Waals surface area contributed by atoms with Crippen molar-refractivity contribution in [3.8, 4) is 0 Å². The minimum absolute atomic E-state index is 0.0873. The number of aromatic nitrogens is 2. The molecule has 0 bridgehead atoms. The Hall–Kier alpha value is -3.10. The lowest BCUT2D eigenvalue weighted by molar-refractivity contribution is -0.145. The van der Waals surface area contributed by atoms with Crippen molar-refractivity contribution in [2.45, 2.75) is 64.8 Å². The van der Waals surface area contributed by atoms with E-state index in [0.717, 1.165) is 10.9 Å². The largest absolute Gasteiger partial charge is 0.467 e. The topological polar surface area (TPSA) is 103 Å². The number of carbonyl (C=O) groups excluding carboxylic acids is 3. The Balaban J connectivity index is 1.81. The number of benzene rings is 1. The molecule has 2 heterocycles. The van der Waals surface area contributed by atoms with Gasteiger partial charge in [0.15, 0.2) is 5.69 Å². The van der Waals surface area contributed by atoms with E-state index in [9.17, 15) is 14.4 Å². The van der Waals surface area contributed by atoms with Crippen molar-refractivity contribution in [1.82, 2.24) is 20.0 Å². The van der Waals surface area contributed by atoms with Crippen molar-refractivity contribution in [2.75, 3.05) is 13.7 Å². The summed E-state index contributed by atoms with van der Waals surface area (Å²) in [6.45, 7) is 9.40. The minimum Gasteiger partial charge on any atom is -0.467 e. The van der Waals surface area contributed by atoms with E-state index in [1.165, 1.54) is 12.0 Å². The van der Waals surface area contributed by atoms with E-state index in [-0.39, 0.29) is 24.9 Å². The lowest BCUT2D eigenvalue weighted by atomic mass is 10.1. The molecule has 1 aliphatic rings. The Bertz CT molecular complexity index is 991. The van der Waals surface area contributed by atoms with Gasteiger partial charge < -0.3 is 14.8 Å². The van der Waals surface area contributed by atoms with Crippen LogP contribution in [0.15, 0.2) is 24.3 Å². The van der Waals surface area contributed by atoms with Gasteiger partial charge in [0.1, 0.15) is 11.6 Å². The highest BCUT2D eigenvalue weighted by Crippen LogP contribution is 2.25. The Morgan fingerprint density at radius 3 is 2.48 bits per heavy atom. The summed E-state index contributed by atoms with van der Waals surface area (Å²) in [6, 6.07) is 6.37. The molecule has 2 aromatic rings. The van der Waals surface area contributed by atoms with Crippen LogP contribution < -0.4 is 5.32 Å². The monoisotopic (exact) mass is 430 g/mol. The highest BCUT2D eigenvalue weighted by atomic mass is 16.6. The van der Waals surface area contributed by atoms with Crippen molar-refractivity contribution < 1.29 is 23.9 Å². The molecule has 9 nitrogen and oxygen atoms in total. The second kappa shape index (κ2) is 8.56. The molecule has 1 aliphatic heterocycles. The molecule has 1 aromatic carbocycles. The molecule has 9 heteroatoms. The highest BCUT2D eigenvalue weighted by molar-refractivity contribution is 6.05. The number of hydrogen-bond acceptors (Lipinski definition) is 6. The predicted molar refractivity (Wildman–Crippen MR) is 115 cm³/mol. The maximum atomic E-state index is 13.1. The summed E-state index contributed by atoms with van der Waals surface area (Å²) in [6.07, 6.45) is -0.380. The second-order valence-corrected chi connectivity index (χ2v) is 8.98. The van der Waals surface area contributed by atoms with Crippen molar-refractivity contribution in [1.29, 1.82) is 0 Å². The number of rotatable bonds is 4. The number of likely N-dealkylation sites (tertiary alicyclic amines) is 1. The first-order valence-electron chi connectivity index (χ1n) is 10.4. The van der Waals surface area contributed by atoms with E-state index in [0.29, 0.717) is 5.69 Å². The first-order valence-corrected chi connectivity index (χ1v) is 10.4. The maximum Gasteiger partial charge on any atom is 0.411 e. The van der Waals surface area contributed by atoms with Gasteiger partial charge in [-0.3, -0.25) is 14.4 Å². The van der Waals surface area contributed by atoms with Crippen molar-refractivity contribution in [3.63, 3.8) is 0 Å². The lowest BCUT2D eigenvalue weighted by Gasteiger charge is -2.27. The van der Waals surface area contributed by atoms with Gasteiger partial charge in [0.05, 0.1) is 12.6 Å². The quantitative estimate of drug-likeness (QED) is 0.748. The molecule has 3 rings (SSSR count). The number of fused-ring (bicyclic) bond motifs is 1. The molecule has 0 aliphatic carbocycles. The molecule has 168 valence electrons. The molecular formula is C22H30N4O5. The van der Waals surface area contributed by atoms with Gasteiger partial charge >= 0.3 is 12.1 Å². The van der Waals surface area contributed by atoms with Crippen LogP contribution in [0.3, 0.4) is 0 Å². The van der Waals surface area contributed by atoms with Gasteiger partial charge in [-0.25, -0.2) is 9.59 Å². The minimum atomic E-state index is -0.824. The molecule has 1 fully saturated rings. The van der Waals surface area contributed by atoms with Crippen LogP contribution in [-0.4, -0.2) is 64.0 Å².